The Morgan fingerprint density at radius 3 is 2.71 bits per heavy atom. The number of carboxylic acid groups (broad SMARTS) is 1. The minimum Gasteiger partial charge on any atom is -0.478 e. The van der Waals surface area contributed by atoms with Gasteiger partial charge in [-0.25, -0.2) is 18.6 Å². The predicted octanol–water partition coefficient (Wildman–Crippen LogP) is 3.70. The Morgan fingerprint density at radius 1 is 1.19 bits per heavy atom. The number of hydrogen-bond donors (Lipinski definition) is 1. The van der Waals surface area contributed by atoms with E-state index in [-0.39, 0.29) is 5.56 Å². The molecule has 0 unspecified atom stereocenters. The third-order valence-electron chi connectivity index (χ3n) is 3.35. The summed E-state index contributed by atoms with van der Waals surface area (Å²) in [6.45, 7) is 0. The first-order valence-corrected chi connectivity index (χ1v) is 7.25. The standard InChI is InChI=1S/C15H11F2NO2S/c16-11-5-4-9(7-12(11)17)21-14-10(15(19)20)6-8-2-1-3-13(8)18-14/h4-7H,1-3H2,(H,19,20). The highest BCUT2D eigenvalue weighted by atomic mass is 32.2. The first kappa shape index (κ1) is 14.0. The van der Waals surface area contributed by atoms with Crippen molar-refractivity contribution in [2.24, 2.45) is 0 Å². The summed E-state index contributed by atoms with van der Waals surface area (Å²) in [6.07, 6.45) is 2.61. The third-order valence-corrected chi connectivity index (χ3v) is 4.35. The topological polar surface area (TPSA) is 50.2 Å². The van der Waals surface area contributed by atoms with Gasteiger partial charge in [0.25, 0.3) is 0 Å². The van der Waals surface area contributed by atoms with Crippen molar-refractivity contribution in [3.63, 3.8) is 0 Å². The molecule has 2 aromatic rings. The highest BCUT2D eigenvalue weighted by Gasteiger charge is 2.20. The molecule has 1 aliphatic rings. The number of carbonyl (C=O) groups is 1. The van der Waals surface area contributed by atoms with E-state index in [1.807, 2.05) is 0 Å². The zero-order chi connectivity index (χ0) is 15.0. The Hall–Kier alpha value is -1.95. The summed E-state index contributed by atoms with van der Waals surface area (Å²) in [5.74, 6) is -2.96. The fraction of sp³-hybridized carbons (Fsp3) is 0.200. The lowest BCUT2D eigenvalue weighted by Gasteiger charge is -2.08. The van der Waals surface area contributed by atoms with Crippen molar-refractivity contribution in [2.45, 2.75) is 29.2 Å². The maximum atomic E-state index is 13.2. The van der Waals surface area contributed by atoms with Gasteiger partial charge in [0.15, 0.2) is 11.6 Å². The van der Waals surface area contributed by atoms with E-state index in [0.717, 1.165) is 54.4 Å². The number of aromatic carboxylic acids is 1. The van der Waals surface area contributed by atoms with Crippen LogP contribution in [0.1, 0.15) is 28.0 Å². The molecule has 1 aromatic heterocycles. The van der Waals surface area contributed by atoms with Crippen LogP contribution in [0.2, 0.25) is 0 Å². The SMILES string of the molecule is O=C(O)c1cc2c(nc1Sc1ccc(F)c(F)c1)CCC2. The molecule has 0 aliphatic heterocycles. The maximum absolute atomic E-state index is 13.2. The average molecular weight is 307 g/mol. The summed E-state index contributed by atoms with van der Waals surface area (Å²) in [7, 11) is 0. The Kier molecular flexibility index (Phi) is 3.63. The molecular formula is C15H11F2NO2S. The number of halogens is 2. The molecule has 0 fully saturated rings. The Morgan fingerprint density at radius 2 is 2.00 bits per heavy atom. The molecule has 3 nitrogen and oxygen atoms in total. The van der Waals surface area contributed by atoms with Crippen LogP contribution in [-0.4, -0.2) is 16.1 Å². The number of aromatic nitrogens is 1. The van der Waals surface area contributed by atoms with Crippen molar-refractivity contribution < 1.29 is 18.7 Å². The minimum atomic E-state index is -1.07. The van der Waals surface area contributed by atoms with Crippen LogP contribution in [-0.2, 0) is 12.8 Å². The summed E-state index contributed by atoms with van der Waals surface area (Å²) in [6, 6.07) is 5.11. The van der Waals surface area contributed by atoms with Gasteiger partial charge in [0, 0.05) is 10.6 Å². The molecule has 1 N–H and O–H groups in total. The molecule has 0 radical (unpaired) electrons. The van der Waals surface area contributed by atoms with Crippen LogP contribution in [0, 0.1) is 11.6 Å². The lowest BCUT2D eigenvalue weighted by molar-refractivity contribution is 0.0692. The third kappa shape index (κ3) is 2.76. The number of hydrogen-bond acceptors (Lipinski definition) is 3. The molecular weight excluding hydrogens is 296 g/mol. The summed E-state index contributed by atoms with van der Waals surface area (Å²) >= 11 is 1.03. The van der Waals surface area contributed by atoms with Crippen LogP contribution in [0.4, 0.5) is 8.78 Å². The molecule has 0 bridgehead atoms. The van der Waals surface area contributed by atoms with Crippen molar-refractivity contribution in [3.05, 3.63) is 52.7 Å². The van der Waals surface area contributed by atoms with Crippen LogP contribution < -0.4 is 0 Å². The van der Waals surface area contributed by atoms with E-state index < -0.39 is 17.6 Å². The van der Waals surface area contributed by atoms with E-state index >= 15 is 0 Å². The van der Waals surface area contributed by atoms with Gasteiger partial charge in [-0.3, -0.25) is 0 Å². The number of carboxylic acids is 1. The molecule has 21 heavy (non-hydrogen) atoms. The fourth-order valence-electron chi connectivity index (χ4n) is 2.34. The number of rotatable bonds is 3. The Balaban J connectivity index is 2.01. The molecule has 0 atom stereocenters. The number of pyridine rings is 1. The van der Waals surface area contributed by atoms with Crippen molar-refractivity contribution in [3.8, 4) is 0 Å². The second-order valence-electron chi connectivity index (χ2n) is 4.78. The molecule has 6 heteroatoms. The quantitative estimate of drug-likeness (QED) is 0.939. The van der Waals surface area contributed by atoms with E-state index in [4.69, 9.17) is 0 Å². The average Bonchev–Trinajstić information content (AvgIpc) is 2.89. The summed E-state index contributed by atoms with van der Waals surface area (Å²) < 4.78 is 26.2. The number of aryl methyl sites for hydroxylation is 2. The Labute approximate surface area is 124 Å². The molecule has 1 heterocycles. The van der Waals surface area contributed by atoms with Crippen molar-refractivity contribution in [1.82, 2.24) is 4.98 Å². The molecule has 0 saturated heterocycles. The molecule has 1 aliphatic carbocycles. The monoisotopic (exact) mass is 307 g/mol. The first-order valence-electron chi connectivity index (χ1n) is 6.43. The van der Waals surface area contributed by atoms with Crippen molar-refractivity contribution >= 4 is 17.7 Å². The van der Waals surface area contributed by atoms with Gasteiger partial charge < -0.3 is 5.11 Å². The van der Waals surface area contributed by atoms with Gasteiger partial charge in [0.2, 0.25) is 0 Å². The normalized spacial score (nSPS) is 13.2. The number of fused-ring (bicyclic) bond motifs is 1. The molecule has 3 rings (SSSR count). The second-order valence-corrected chi connectivity index (χ2v) is 5.85. The van der Waals surface area contributed by atoms with Crippen LogP contribution in [0.15, 0.2) is 34.2 Å². The van der Waals surface area contributed by atoms with Crippen LogP contribution in [0.25, 0.3) is 0 Å². The van der Waals surface area contributed by atoms with Crippen molar-refractivity contribution in [1.29, 1.82) is 0 Å². The lowest BCUT2D eigenvalue weighted by atomic mass is 10.1. The molecule has 0 saturated carbocycles. The van der Waals surface area contributed by atoms with Crippen molar-refractivity contribution in [2.75, 3.05) is 0 Å². The highest BCUT2D eigenvalue weighted by Crippen LogP contribution is 2.33. The zero-order valence-corrected chi connectivity index (χ0v) is 11.7. The summed E-state index contributed by atoms with van der Waals surface area (Å²) in [5.41, 5.74) is 1.96. The van der Waals surface area contributed by atoms with Gasteiger partial charge in [-0.1, -0.05) is 11.8 Å². The van der Waals surface area contributed by atoms with Crippen LogP contribution >= 0.6 is 11.8 Å². The van der Waals surface area contributed by atoms with E-state index in [1.54, 1.807) is 6.07 Å². The van der Waals surface area contributed by atoms with E-state index in [2.05, 4.69) is 4.98 Å². The largest absolute Gasteiger partial charge is 0.478 e. The lowest BCUT2D eigenvalue weighted by Crippen LogP contribution is -2.04. The summed E-state index contributed by atoms with van der Waals surface area (Å²) in [5, 5.41) is 9.60. The predicted molar refractivity (Wildman–Crippen MR) is 73.7 cm³/mol. The number of nitrogens with zero attached hydrogens (tertiary/aromatic N) is 1. The van der Waals surface area contributed by atoms with Gasteiger partial charge >= 0.3 is 5.97 Å². The van der Waals surface area contributed by atoms with Gasteiger partial charge in [0.05, 0.1) is 5.56 Å². The van der Waals surface area contributed by atoms with E-state index in [9.17, 15) is 18.7 Å². The Bertz CT molecular complexity index is 734. The first-order chi connectivity index (χ1) is 10.0. The molecule has 0 amide bonds. The minimum absolute atomic E-state index is 0.102. The van der Waals surface area contributed by atoms with E-state index in [1.165, 1.54) is 6.07 Å². The van der Waals surface area contributed by atoms with Crippen LogP contribution in [0.5, 0.6) is 0 Å². The van der Waals surface area contributed by atoms with Gasteiger partial charge in [0.1, 0.15) is 5.03 Å². The smallest absolute Gasteiger partial charge is 0.338 e. The van der Waals surface area contributed by atoms with Gasteiger partial charge in [-0.05, 0) is 49.1 Å². The van der Waals surface area contributed by atoms with Crippen LogP contribution in [0.3, 0.4) is 0 Å². The zero-order valence-electron chi connectivity index (χ0n) is 10.9. The maximum Gasteiger partial charge on any atom is 0.338 e. The van der Waals surface area contributed by atoms with Gasteiger partial charge in [-0.15, -0.1) is 0 Å². The second kappa shape index (κ2) is 5.44. The molecule has 108 valence electrons. The molecule has 1 aromatic carbocycles. The summed E-state index contributed by atoms with van der Waals surface area (Å²) in [4.78, 5) is 16.2. The fourth-order valence-corrected chi connectivity index (χ4v) is 3.27. The van der Waals surface area contributed by atoms with E-state index in [0.29, 0.717) is 9.92 Å². The highest BCUT2D eigenvalue weighted by molar-refractivity contribution is 7.99. The number of benzene rings is 1. The van der Waals surface area contributed by atoms with Gasteiger partial charge in [-0.2, -0.15) is 0 Å². The molecule has 0 spiro atoms.